The van der Waals surface area contributed by atoms with Gasteiger partial charge in [0, 0.05) is 18.7 Å². The normalized spacial score (nSPS) is 14.4. The van der Waals surface area contributed by atoms with Gasteiger partial charge in [-0.05, 0) is 24.6 Å². The number of hydrogen-bond acceptors (Lipinski definition) is 4. The second kappa shape index (κ2) is 6.05. The molecule has 108 valence electrons. The Kier molecular flexibility index (Phi) is 4.18. The first-order chi connectivity index (χ1) is 10.0. The minimum atomic E-state index is -1.10. The van der Waals surface area contributed by atoms with Crippen LogP contribution in [0.1, 0.15) is 23.2 Å². The number of amides is 3. The smallest absolute Gasteiger partial charge is 0.335 e. The molecule has 0 atom stereocenters. The number of carboxylic acids is 1. The van der Waals surface area contributed by atoms with E-state index >= 15 is 0 Å². The van der Waals surface area contributed by atoms with Crippen LogP contribution >= 0.6 is 0 Å². The number of carbonyl (C=O) groups is 3. The monoisotopic (exact) mass is 287 g/mol. The standard InChI is InChI=1S/C14H13N3O4/c15-6-1-2-7-16-12(18)9-17(14(16)21)11-5-3-4-10(8-11)13(19)20/h3-5,8H,1-2,7,9H2,(H,19,20). The summed E-state index contributed by atoms with van der Waals surface area (Å²) in [5, 5.41) is 17.4. The highest BCUT2D eigenvalue weighted by Crippen LogP contribution is 2.22. The largest absolute Gasteiger partial charge is 0.478 e. The Morgan fingerprint density at radius 1 is 1.38 bits per heavy atom. The van der Waals surface area contributed by atoms with Crippen molar-refractivity contribution in [1.29, 1.82) is 5.26 Å². The van der Waals surface area contributed by atoms with Gasteiger partial charge >= 0.3 is 12.0 Å². The molecule has 0 spiro atoms. The zero-order valence-corrected chi connectivity index (χ0v) is 11.2. The van der Waals surface area contributed by atoms with E-state index in [9.17, 15) is 14.4 Å². The van der Waals surface area contributed by atoms with Crippen molar-refractivity contribution in [3.8, 4) is 6.07 Å². The van der Waals surface area contributed by atoms with Crippen molar-refractivity contribution in [2.75, 3.05) is 18.0 Å². The van der Waals surface area contributed by atoms with Gasteiger partial charge in [0.2, 0.25) is 0 Å². The lowest BCUT2D eigenvalue weighted by Gasteiger charge is -2.17. The number of anilines is 1. The summed E-state index contributed by atoms with van der Waals surface area (Å²) in [5.74, 6) is -1.45. The number of nitrogens with zero attached hydrogens (tertiary/aromatic N) is 3. The van der Waals surface area contributed by atoms with E-state index in [0.717, 1.165) is 4.90 Å². The maximum atomic E-state index is 12.2. The van der Waals surface area contributed by atoms with Crippen LogP contribution in [0.15, 0.2) is 24.3 Å². The fourth-order valence-electron chi connectivity index (χ4n) is 2.09. The van der Waals surface area contributed by atoms with Crippen molar-refractivity contribution in [3.05, 3.63) is 29.8 Å². The first kappa shape index (κ1) is 14.5. The minimum Gasteiger partial charge on any atom is -0.478 e. The Morgan fingerprint density at radius 2 is 2.14 bits per heavy atom. The average molecular weight is 287 g/mol. The Balaban J connectivity index is 2.17. The molecule has 0 bridgehead atoms. The van der Waals surface area contributed by atoms with Crippen molar-refractivity contribution < 1.29 is 19.5 Å². The van der Waals surface area contributed by atoms with E-state index in [-0.39, 0.29) is 31.0 Å². The van der Waals surface area contributed by atoms with Gasteiger partial charge in [0.05, 0.1) is 11.6 Å². The van der Waals surface area contributed by atoms with Crippen molar-refractivity contribution >= 4 is 23.6 Å². The van der Waals surface area contributed by atoms with Gasteiger partial charge in [-0.15, -0.1) is 0 Å². The Hall–Kier alpha value is -2.88. The topological polar surface area (TPSA) is 102 Å². The van der Waals surface area contributed by atoms with Crippen molar-refractivity contribution in [2.45, 2.75) is 12.8 Å². The molecule has 0 unspecified atom stereocenters. The van der Waals surface area contributed by atoms with E-state index in [1.165, 1.54) is 23.1 Å². The van der Waals surface area contributed by atoms with Crippen molar-refractivity contribution in [2.24, 2.45) is 0 Å². The first-order valence-corrected chi connectivity index (χ1v) is 6.36. The number of nitriles is 1. The highest BCUT2D eigenvalue weighted by molar-refractivity contribution is 6.12. The maximum absolute atomic E-state index is 12.2. The second-order valence-corrected chi connectivity index (χ2v) is 4.53. The Morgan fingerprint density at radius 3 is 2.81 bits per heavy atom. The molecule has 1 saturated heterocycles. The summed E-state index contributed by atoms with van der Waals surface area (Å²) >= 11 is 0. The molecule has 2 rings (SSSR count). The summed E-state index contributed by atoms with van der Waals surface area (Å²) in [6.45, 7) is 0.0782. The molecule has 1 heterocycles. The van der Waals surface area contributed by atoms with E-state index < -0.39 is 12.0 Å². The lowest BCUT2D eigenvalue weighted by Crippen LogP contribution is -2.33. The van der Waals surface area contributed by atoms with Gasteiger partial charge in [-0.1, -0.05) is 6.07 Å². The zero-order valence-electron chi connectivity index (χ0n) is 11.2. The average Bonchev–Trinajstić information content (AvgIpc) is 2.75. The fraction of sp³-hybridized carbons (Fsp3) is 0.286. The lowest BCUT2D eigenvalue weighted by atomic mass is 10.2. The maximum Gasteiger partial charge on any atom is 0.335 e. The molecule has 1 aliphatic rings. The number of unbranched alkanes of at least 4 members (excludes halogenated alkanes) is 1. The predicted molar refractivity (Wildman–Crippen MR) is 72.7 cm³/mol. The van der Waals surface area contributed by atoms with Gasteiger partial charge in [-0.25, -0.2) is 9.59 Å². The van der Waals surface area contributed by atoms with Gasteiger partial charge in [-0.2, -0.15) is 5.26 Å². The van der Waals surface area contributed by atoms with Crippen LogP contribution in [0.3, 0.4) is 0 Å². The quantitative estimate of drug-likeness (QED) is 0.652. The Labute approximate surface area is 121 Å². The Bertz CT molecular complexity index is 635. The van der Waals surface area contributed by atoms with Crippen LogP contribution in [0, 0.1) is 11.3 Å². The molecule has 7 nitrogen and oxygen atoms in total. The number of hydrogen-bond donors (Lipinski definition) is 1. The van der Waals surface area contributed by atoms with Crippen LogP contribution in [-0.2, 0) is 4.79 Å². The van der Waals surface area contributed by atoms with Crippen LogP contribution in [-0.4, -0.2) is 41.0 Å². The van der Waals surface area contributed by atoms with Gasteiger partial charge in [0.15, 0.2) is 0 Å². The van der Waals surface area contributed by atoms with Crippen LogP contribution in [0.5, 0.6) is 0 Å². The molecule has 1 aliphatic heterocycles. The first-order valence-electron chi connectivity index (χ1n) is 6.36. The molecule has 0 aromatic heterocycles. The van der Waals surface area contributed by atoms with Gasteiger partial charge in [0.1, 0.15) is 6.54 Å². The van der Waals surface area contributed by atoms with Gasteiger partial charge in [0.25, 0.3) is 5.91 Å². The SMILES string of the molecule is N#CCCCN1C(=O)CN(c2cccc(C(=O)O)c2)C1=O. The third kappa shape index (κ3) is 3.00. The third-order valence-electron chi connectivity index (χ3n) is 3.13. The molecule has 1 aromatic rings. The number of urea groups is 1. The molecular weight excluding hydrogens is 274 g/mol. The summed E-state index contributed by atoms with van der Waals surface area (Å²) in [4.78, 5) is 37.3. The number of carbonyl (C=O) groups excluding carboxylic acids is 2. The molecule has 7 heteroatoms. The highest BCUT2D eigenvalue weighted by Gasteiger charge is 2.36. The van der Waals surface area contributed by atoms with E-state index in [4.69, 9.17) is 10.4 Å². The number of benzene rings is 1. The van der Waals surface area contributed by atoms with E-state index in [2.05, 4.69) is 0 Å². The molecular formula is C14H13N3O4. The fourth-order valence-corrected chi connectivity index (χ4v) is 2.09. The summed E-state index contributed by atoms with van der Waals surface area (Å²) in [5.41, 5.74) is 0.423. The highest BCUT2D eigenvalue weighted by atomic mass is 16.4. The number of aromatic carboxylic acids is 1. The van der Waals surface area contributed by atoms with E-state index in [1.807, 2.05) is 6.07 Å². The van der Waals surface area contributed by atoms with Gasteiger partial charge < -0.3 is 5.11 Å². The van der Waals surface area contributed by atoms with Crippen LogP contribution in [0.4, 0.5) is 10.5 Å². The molecule has 1 fully saturated rings. The second-order valence-electron chi connectivity index (χ2n) is 4.53. The van der Waals surface area contributed by atoms with Crippen molar-refractivity contribution in [1.82, 2.24) is 4.90 Å². The number of carboxylic acid groups (broad SMARTS) is 1. The molecule has 3 amide bonds. The predicted octanol–water partition coefficient (Wildman–Crippen LogP) is 1.46. The van der Waals surface area contributed by atoms with Crippen molar-refractivity contribution in [3.63, 3.8) is 0 Å². The van der Waals surface area contributed by atoms with E-state index in [0.29, 0.717) is 12.1 Å². The van der Waals surface area contributed by atoms with Crippen LogP contribution in [0.2, 0.25) is 0 Å². The van der Waals surface area contributed by atoms with Crippen LogP contribution < -0.4 is 4.90 Å². The molecule has 0 aliphatic carbocycles. The van der Waals surface area contributed by atoms with Crippen LogP contribution in [0.25, 0.3) is 0 Å². The molecule has 0 radical (unpaired) electrons. The third-order valence-corrected chi connectivity index (χ3v) is 3.13. The van der Waals surface area contributed by atoms with Gasteiger partial charge in [-0.3, -0.25) is 14.6 Å². The summed E-state index contributed by atoms with van der Waals surface area (Å²) < 4.78 is 0. The molecule has 21 heavy (non-hydrogen) atoms. The lowest BCUT2D eigenvalue weighted by molar-refractivity contribution is -0.124. The molecule has 1 aromatic carbocycles. The number of imide groups is 1. The summed E-state index contributed by atoms with van der Waals surface area (Å²) in [7, 11) is 0. The number of rotatable bonds is 5. The zero-order chi connectivity index (χ0) is 15.4. The molecule has 1 N–H and O–H groups in total. The molecule has 0 saturated carbocycles. The minimum absolute atomic E-state index is 0.0516. The summed E-state index contributed by atoms with van der Waals surface area (Å²) in [6, 6.07) is 7.34. The summed E-state index contributed by atoms with van der Waals surface area (Å²) in [6.07, 6.45) is 0.697. The van der Waals surface area contributed by atoms with E-state index in [1.54, 1.807) is 6.07 Å².